The number of amides is 2. The Kier molecular flexibility index (Phi) is 7.74. The second-order valence-corrected chi connectivity index (χ2v) is 10.1. The quantitative estimate of drug-likeness (QED) is 0.315. The maximum Gasteiger partial charge on any atom is 0.254 e. The number of aromatic nitrogens is 2. The Morgan fingerprint density at radius 1 is 0.973 bits per heavy atom. The summed E-state index contributed by atoms with van der Waals surface area (Å²) in [5, 5.41) is 8.08. The average Bonchev–Trinajstić information content (AvgIpc) is 3.28. The van der Waals surface area contributed by atoms with E-state index in [1.807, 2.05) is 69.3 Å². The summed E-state index contributed by atoms with van der Waals surface area (Å²) in [7, 11) is 0. The third-order valence-electron chi connectivity index (χ3n) is 5.74. The number of anilines is 1. The number of rotatable bonds is 7. The van der Waals surface area contributed by atoms with Crippen LogP contribution in [0.5, 0.6) is 0 Å². The van der Waals surface area contributed by atoms with E-state index in [2.05, 4.69) is 5.32 Å². The van der Waals surface area contributed by atoms with Crippen LogP contribution in [0.4, 0.5) is 10.2 Å². The van der Waals surface area contributed by atoms with Crippen molar-refractivity contribution in [3.63, 3.8) is 0 Å². The van der Waals surface area contributed by atoms with E-state index < -0.39 is 17.6 Å². The second kappa shape index (κ2) is 11.0. The molecule has 0 saturated carbocycles. The summed E-state index contributed by atoms with van der Waals surface area (Å²) in [6, 6.07) is 23.8. The van der Waals surface area contributed by atoms with E-state index in [1.165, 1.54) is 29.2 Å². The van der Waals surface area contributed by atoms with Gasteiger partial charge in [0.2, 0.25) is 5.91 Å². The number of hydrogen-bond acceptors (Lipinski definition) is 3. The minimum absolute atomic E-state index is 0.167. The standard InChI is InChI=1S/C29H28ClFN4O2/c1-29(2,3)25-17-26(35(33-25)24-15-8-7-14-23(24)30)32-27(36)19-34(18-20-10-5-4-6-11-20)28(37)21-12-9-13-22(31)16-21/h4-17H,18-19H2,1-3H3,(H,32,36). The number of halogens is 2. The molecule has 0 bridgehead atoms. The topological polar surface area (TPSA) is 67.2 Å². The number of nitrogens with zero attached hydrogens (tertiary/aromatic N) is 3. The monoisotopic (exact) mass is 518 g/mol. The SMILES string of the molecule is CC(C)(C)c1cc(NC(=O)CN(Cc2ccccc2)C(=O)c2cccc(F)c2)n(-c2ccccc2Cl)n1. The van der Waals surface area contributed by atoms with Gasteiger partial charge in [0.15, 0.2) is 0 Å². The normalized spacial score (nSPS) is 11.3. The van der Waals surface area contributed by atoms with Crippen LogP contribution in [0, 0.1) is 5.82 Å². The summed E-state index contributed by atoms with van der Waals surface area (Å²) >= 11 is 6.43. The summed E-state index contributed by atoms with van der Waals surface area (Å²) in [4.78, 5) is 28.0. The van der Waals surface area contributed by atoms with Gasteiger partial charge in [-0.1, -0.05) is 80.9 Å². The smallest absolute Gasteiger partial charge is 0.254 e. The van der Waals surface area contributed by atoms with Gasteiger partial charge in [-0.2, -0.15) is 5.10 Å². The third kappa shape index (κ3) is 6.43. The highest BCUT2D eigenvalue weighted by molar-refractivity contribution is 6.32. The van der Waals surface area contributed by atoms with Gasteiger partial charge in [0, 0.05) is 23.6 Å². The van der Waals surface area contributed by atoms with Gasteiger partial charge in [-0.3, -0.25) is 9.59 Å². The van der Waals surface area contributed by atoms with Gasteiger partial charge < -0.3 is 10.2 Å². The molecular formula is C29H28ClFN4O2. The lowest BCUT2D eigenvalue weighted by Crippen LogP contribution is -2.38. The van der Waals surface area contributed by atoms with E-state index in [4.69, 9.17) is 16.7 Å². The highest BCUT2D eigenvalue weighted by Crippen LogP contribution is 2.29. The van der Waals surface area contributed by atoms with Crippen molar-refractivity contribution >= 4 is 29.2 Å². The van der Waals surface area contributed by atoms with Crippen LogP contribution in [0.2, 0.25) is 5.02 Å². The molecule has 0 aliphatic carbocycles. The van der Waals surface area contributed by atoms with Crippen molar-refractivity contribution in [1.29, 1.82) is 0 Å². The molecule has 0 fully saturated rings. The zero-order valence-corrected chi connectivity index (χ0v) is 21.7. The first-order chi connectivity index (χ1) is 17.6. The molecule has 0 atom stereocenters. The minimum Gasteiger partial charge on any atom is -0.325 e. The predicted octanol–water partition coefficient (Wildman–Crippen LogP) is 6.24. The first-order valence-corrected chi connectivity index (χ1v) is 12.2. The van der Waals surface area contributed by atoms with E-state index in [0.717, 1.165) is 11.3 Å². The lowest BCUT2D eigenvalue weighted by Gasteiger charge is -2.23. The Hall–Kier alpha value is -3.97. The van der Waals surface area contributed by atoms with Crippen LogP contribution in [0.15, 0.2) is 84.9 Å². The van der Waals surface area contributed by atoms with E-state index in [1.54, 1.807) is 16.8 Å². The molecule has 4 aromatic rings. The van der Waals surface area contributed by atoms with E-state index in [-0.39, 0.29) is 24.1 Å². The lowest BCUT2D eigenvalue weighted by atomic mass is 9.92. The van der Waals surface area contributed by atoms with Crippen molar-refractivity contribution < 1.29 is 14.0 Å². The number of carbonyl (C=O) groups excluding carboxylic acids is 2. The zero-order valence-electron chi connectivity index (χ0n) is 20.9. The summed E-state index contributed by atoms with van der Waals surface area (Å²) in [6.07, 6.45) is 0. The molecule has 2 amide bonds. The molecule has 1 aromatic heterocycles. The molecule has 6 nitrogen and oxygen atoms in total. The number of benzene rings is 3. The van der Waals surface area contributed by atoms with Crippen LogP contribution >= 0.6 is 11.6 Å². The van der Waals surface area contributed by atoms with Gasteiger partial charge in [0.25, 0.3) is 5.91 Å². The predicted molar refractivity (Wildman–Crippen MR) is 143 cm³/mol. The number of nitrogens with one attached hydrogen (secondary N) is 1. The van der Waals surface area contributed by atoms with Crippen molar-refractivity contribution in [2.45, 2.75) is 32.7 Å². The van der Waals surface area contributed by atoms with Crippen molar-refractivity contribution in [2.75, 3.05) is 11.9 Å². The Morgan fingerprint density at radius 3 is 2.35 bits per heavy atom. The Bertz CT molecular complexity index is 1410. The van der Waals surface area contributed by atoms with Crippen LogP contribution in [0.25, 0.3) is 5.69 Å². The molecular weight excluding hydrogens is 491 g/mol. The Morgan fingerprint density at radius 2 is 1.68 bits per heavy atom. The van der Waals surface area contributed by atoms with E-state index >= 15 is 0 Å². The van der Waals surface area contributed by atoms with Crippen molar-refractivity contribution in [3.05, 3.63) is 113 Å². The van der Waals surface area contributed by atoms with Crippen LogP contribution in [-0.4, -0.2) is 33.0 Å². The number of carbonyl (C=O) groups is 2. The number of para-hydroxylation sites is 1. The van der Waals surface area contributed by atoms with Crippen LogP contribution < -0.4 is 5.32 Å². The second-order valence-electron chi connectivity index (χ2n) is 9.73. The molecule has 0 radical (unpaired) electrons. The molecule has 1 heterocycles. The van der Waals surface area contributed by atoms with Crippen LogP contribution in [0.1, 0.15) is 42.4 Å². The summed E-state index contributed by atoms with van der Waals surface area (Å²) in [6.45, 7) is 6.01. The molecule has 4 rings (SSSR count). The van der Waals surface area contributed by atoms with E-state index in [9.17, 15) is 14.0 Å². The fourth-order valence-electron chi connectivity index (χ4n) is 3.81. The van der Waals surface area contributed by atoms with Gasteiger partial charge in [0.1, 0.15) is 18.2 Å². The highest BCUT2D eigenvalue weighted by Gasteiger charge is 2.24. The Balaban J connectivity index is 1.63. The highest BCUT2D eigenvalue weighted by atomic mass is 35.5. The Labute approximate surface area is 220 Å². The van der Waals surface area contributed by atoms with Gasteiger partial charge in [-0.05, 0) is 35.9 Å². The first-order valence-electron chi connectivity index (χ1n) is 11.9. The van der Waals surface area contributed by atoms with Crippen molar-refractivity contribution in [2.24, 2.45) is 0 Å². The lowest BCUT2D eigenvalue weighted by molar-refractivity contribution is -0.117. The zero-order chi connectivity index (χ0) is 26.6. The van der Waals surface area contributed by atoms with E-state index in [0.29, 0.717) is 16.5 Å². The van der Waals surface area contributed by atoms with Crippen molar-refractivity contribution in [3.8, 4) is 5.69 Å². The summed E-state index contributed by atoms with van der Waals surface area (Å²) < 4.78 is 15.4. The molecule has 0 aliphatic rings. The third-order valence-corrected chi connectivity index (χ3v) is 6.06. The van der Waals surface area contributed by atoms with Gasteiger partial charge >= 0.3 is 0 Å². The van der Waals surface area contributed by atoms with Crippen molar-refractivity contribution in [1.82, 2.24) is 14.7 Å². The summed E-state index contributed by atoms with van der Waals surface area (Å²) in [5.41, 5.74) is 2.11. The molecule has 8 heteroatoms. The van der Waals surface area contributed by atoms with Crippen LogP contribution in [0.3, 0.4) is 0 Å². The molecule has 37 heavy (non-hydrogen) atoms. The minimum atomic E-state index is -0.520. The maximum absolute atomic E-state index is 13.8. The molecule has 0 unspecified atom stereocenters. The fourth-order valence-corrected chi connectivity index (χ4v) is 4.02. The molecule has 190 valence electrons. The largest absolute Gasteiger partial charge is 0.325 e. The molecule has 1 N–H and O–H groups in total. The average molecular weight is 519 g/mol. The summed E-state index contributed by atoms with van der Waals surface area (Å²) in [5.74, 6) is -0.961. The van der Waals surface area contributed by atoms with Crippen LogP contribution in [-0.2, 0) is 16.8 Å². The van der Waals surface area contributed by atoms with Gasteiger partial charge in [-0.25, -0.2) is 9.07 Å². The van der Waals surface area contributed by atoms with Gasteiger partial charge in [-0.15, -0.1) is 0 Å². The molecule has 0 saturated heterocycles. The molecule has 0 aliphatic heterocycles. The number of hydrogen-bond donors (Lipinski definition) is 1. The first kappa shape index (κ1) is 26.1. The van der Waals surface area contributed by atoms with Gasteiger partial charge in [0.05, 0.1) is 16.4 Å². The maximum atomic E-state index is 13.8. The fraction of sp³-hybridized carbons (Fsp3) is 0.207. The molecule has 0 spiro atoms. The molecule has 3 aromatic carbocycles.